The number of carboxylic acid groups (broad SMARTS) is 5. The molecule has 17 N–H and O–H groups in total. The molecule has 1 aliphatic heterocycles. The van der Waals surface area contributed by atoms with Crippen LogP contribution in [0, 0.1) is 17.8 Å². The highest BCUT2D eigenvalue weighted by Gasteiger charge is 2.41. The number of carbonyl (C=O) groups is 17. The Morgan fingerprint density at radius 3 is 1.90 bits per heavy atom. The Kier molecular flexibility index (Phi) is 44.5. The minimum atomic E-state index is -1.78. The second kappa shape index (κ2) is 52.8. The molecular formula is C77H112N14O26S3. The second-order valence-corrected chi connectivity index (χ2v) is 32.7. The van der Waals surface area contributed by atoms with E-state index in [1.54, 1.807) is 26.0 Å². The zero-order chi connectivity index (χ0) is 89.3. The van der Waals surface area contributed by atoms with Crippen LogP contribution in [-0.4, -0.2) is 246 Å². The number of thiazole rings is 1. The number of benzene rings is 2. The fraction of sp³-hybridized carbons (Fsp3) is 0.584. The molecule has 2 aromatic carbocycles. The molecule has 0 spiro atoms. The number of phenols is 1. The molecule has 40 nitrogen and oxygen atoms in total. The van der Waals surface area contributed by atoms with Gasteiger partial charge in [0.25, 0.3) is 5.91 Å². The van der Waals surface area contributed by atoms with Crippen molar-refractivity contribution in [2.24, 2.45) is 17.8 Å². The lowest BCUT2D eigenvalue weighted by Crippen LogP contribution is -2.59. The van der Waals surface area contributed by atoms with Crippen molar-refractivity contribution >= 4 is 140 Å². The Morgan fingerprint density at radius 2 is 1.30 bits per heavy atom. The smallest absolute Gasteiger partial charge is 0.426 e. The summed E-state index contributed by atoms with van der Waals surface area (Å²) in [6.07, 6.45) is -1.61. The van der Waals surface area contributed by atoms with Crippen LogP contribution in [0.25, 0.3) is 0 Å². The van der Waals surface area contributed by atoms with Gasteiger partial charge in [-0.1, -0.05) is 100 Å². The number of likely N-dealkylation sites (N-methyl/N-ethyl adjacent to an activating group) is 1. The van der Waals surface area contributed by atoms with Crippen molar-refractivity contribution in [1.82, 2.24) is 68.2 Å². The topological polar surface area (TPSA) is 591 Å². The number of esters is 2. The van der Waals surface area contributed by atoms with Gasteiger partial charge in [0.2, 0.25) is 35.4 Å². The summed E-state index contributed by atoms with van der Waals surface area (Å²) in [6, 6.07) is -0.153. The van der Waals surface area contributed by atoms with E-state index in [-0.39, 0.29) is 109 Å². The van der Waals surface area contributed by atoms with E-state index >= 15 is 4.79 Å². The van der Waals surface area contributed by atoms with Crippen LogP contribution in [0.2, 0.25) is 0 Å². The molecule has 1 aromatic heterocycles. The average Bonchev–Trinajstić information content (AvgIpc) is 1.43. The van der Waals surface area contributed by atoms with Gasteiger partial charge in [-0.05, 0) is 126 Å². The third-order valence-corrected chi connectivity index (χ3v) is 22.4. The molecule has 120 heavy (non-hydrogen) atoms. The minimum absolute atomic E-state index is 0.00196. The van der Waals surface area contributed by atoms with Crippen molar-refractivity contribution in [2.45, 2.75) is 225 Å². The number of ether oxygens (including phenoxy) is 3. The first-order chi connectivity index (χ1) is 56.8. The maximum absolute atomic E-state index is 15.0. The SMILES string of the molecule is CCCC(=O)OCN(C(=O)[C@@H](NC(=O)[C@H]1CCCCN1C)C(C)CC)[C@H](C[C@@H](OC(C)=O)c1nc(C(=O)N[C@@H](Cc2ccc(O)cc2)C[C@H](C)C(=O)NNC(=O)OCCSSC[C@@H](C)NC(=O)[C@H](CC(=O)O)NC(=O)[C@H](CC(=O)O)NC(=O)Cc2ccc(NC(=O)NCCCC[C@H](NC(=O)N[C@@H](CCC(=O)O)C(=O)O)C(=O)O)cc2)cs1)C(C)C. The number of nitrogens with one attached hydrogen (secondary N) is 11. The molecule has 12 atom stereocenters. The van der Waals surface area contributed by atoms with Crippen molar-refractivity contribution < 1.29 is 126 Å². The van der Waals surface area contributed by atoms with Crippen LogP contribution in [0.1, 0.15) is 184 Å². The zero-order valence-electron chi connectivity index (χ0n) is 68.4. The molecule has 0 radical (unpaired) electrons. The molecule has 3 aromatic rings. The van der Waals surface area contributed by atoms with Crippen LogP contribution in [0.3, 0.4) is 0 Å². The lowest BCUT2D eigenvalue weighted by atomic mass is 9.92. The molecule has 1 saturated heterocycles. The molecule has 2 heterocycles. The summed E-state index contributed by atoms with van der Waals surface area (Å²) in [5, 5.41) is 80.9. The Labute approximate surface area is 705 Å². The van der Waals surface area contributed by atoms with E-state index in [0.717, 1.165) is 30.7 Å². The number of aromatic hydroxyl groups is 1. The first-order valence-corrected chi connectivity index (χ1v) is 42.5. The number of likely N-dealkylation sites (tertiary alicyclic amines) is 1. The predicted molar refractivity (Wildman–Crippen MR) is 437 cm³/mol. The number of hydrogen-bond donors (Lipinski definition) is 17. The molecule has 0 bridgehead atoms. The molecule has 664 valence electrons. The summed E-state index contributed by atoms with van der Waals surface area (Å²) in [5.74, 6) is -14.8. The zero-order valence-corrected chi connectivity index (χ0v) is 70.8. The van der Waals surface area contributed by atoms with Crippen LogP contribution >= 0.6 is 32.9 Å². The standard InChI is InChI=1S/C77H112N14O26S3/c1-10-16-64(101)116-41-91(72(107)65(43(5)11-2)87-70(106)57-18-13-15-30-90(57)9)58(42(3)4)38-59(117-46(8)92)71-84-56(40-118-71)69(105)80-50(34-47-21-25-51(93)26-22-47)33-44(6)66(102)88-89-77(114)115-31-32-119-120-39-45(7)79-67(103)55(37-63(99)100)83-68(104)54(36-62(97)98)82-60(94)35-48-19-23-49(24-20-48)81-75(112)78-29-14-12-17-52(73(108)109)85-76(113)86-53(74(110)111)27-28-61(95)96/h19-26,40,42-45,50,52-55,57-59,65,93H,10-18,27-39,41H2,1-9H3,(H,79,103)(H,80,105)(H,82,94)(H,83,104)(H,87,106)(H,88,102)(H,89,114)(H,95,96)(H,97,98)(H,99,100)(H,108,109)(H,110,111)(H2,78,81,112)(H2,85,86,113)/t43?,44-,45+,50+,52-,53-,54-,55-,57+,58+,59+,65-/m0/s1. The van der Waals surface area contributed by atoms with Crippen LogP contribution in [0.15, 0.2) is 53.9 Å². The van der Waals surface area contributed by atoms with Crippen molar-refractivity contribution in [3.63, 3.8) is 0 Å². The number of piperidine rings is 1. The Bertz CT molecular complexity index is 3970. The molecule has 0 aliphatic carbocycles. The number of phenolic OH excluding ortho intramolecular Hbond substituents is 1. The number of nitrogens with zero attached hydrogens (tertiary/aromatic N) is 3. The van der Waals surface area contributed by atoms with Gasteiger partial charge >= 0.3 is 59.9 Å². The highest BCUT2D eigenvalue weighted by molar-refractivity contribution is 8.76. The number of aliphatic carboxylic acids is 5. The van der Waals surface area contributed by atoms with Gasteiger partial charge in [0.1, 0.15) is 53.3 Å². The number of carboxylic acids is 5. The van der Waals surface area contributed by atoms with Gasteiger partial charge in [0, 0.05) is 79.3 Å². The monoisotopic (exact) mass is 1740 g/mol. The summed E-state index contributed by atoms with van der Waals surface area (Å²) in [4.78, 5) is 226. The van der Waals surface area contributed by atoms with Crippen molar-refractivity contribution in [2.75, 3.05) is 50.3 Å². The highest BCUT2D eigenvalue weighted by Crippen LogP contribution is 2.33. The number of urea groups is 2. The minimum Gasteiger partial charge on any atom is -0.508 e. The molecule has 43 heteroatoms. The lowest BCUT2D eigenvalue weighted by molar-refractivity contribution is -0.161. The summed E-state index contributed by atoms with van der Waals surface area (Å²) in [5.41, 5.74) is 5.69. The van der Waals surface area contributed by atoms with Crippen LogP contribution in [0.4, 0.5) is 20.1 Å². The predicted octanol–water partition coefficient (Wildman–Crippen LogP) is 4.55. The molecule has 0 saturated carbocycles. The number of anilines is 1. The van der Waals surface area contributed by atoms with E-state index < -0.39 is 201 Å². The maximum atomic E-state index is 15.0. The maximum Gasteiger partial charge on any atom is 0.426 e. The van der Waals surface area contributed by atoms with Gasteiger partial charge in [0.15, 0.2) is 12.8 Å². The third-order valence-electron chi connectivity index (χ3n) is 18.9. The van der Waals surface area contributed by atoms with Gasteiger partial charge in [-0.3, -0.25) is 67.9 Å². The van der Waals surface area contributed by atoms with Gasteiger partial charge in [-0.25, -0.2) is 34.4 Å². The van der Waals surface area contributed by atoms with Gasteiger partial charge in [0.05, 0.1) is 25.3 Å². The normalized spacial score (nSPS) is 15.3. The Hall–Kier alpha value is -11.1. The van der Waals surface area contributed by atoms with Crippen molar-refractivity contribution in [3.8, 4) is 5.75 Å². The molecule has 1 aliphatic rings. The highest BCUT2D eigenvalue weighted by atomic mass is 33.1. The van der Waals surface area contributed by atoms with E-state index in [0.29, 0.717) is 30.4 Å². The molecular weight excluding hydrogens is 1630 g/mol. The summed E-state index contributed by atoms with van der Waals surface area (Å²) >= 11 is 1.02. The Balaban J connectivity index is 1.27. The fourth-order valence-electron chi connectivity index (χ4n) is 12.3. The number of amides is 12. The molecule has 12 amide bonds. The second-order valence-electron chi connectivity index (χ2n) is 29.2. The summed E-state index contributed by atoms with van der Waals surface area (Å²) in [7, 11) is 4.29. The molecule has 4 rings (SSSR count). The van der Waals surface area contributed by atoms with E-state index in [2.05, 4.69) is 58.4 Å². The van der Waals surface area contributed by atoms with Gasteiger partial charge in [-0.2, -0.15) is 0 Å². The van der Waals surface area contributed by atoms with E-state index in [4.69, 9.17) is 19.3 Å². The Morgan fingerprint density at radius 1 is 0.667 bits per heavy atom. The van der Waals surface area contributed by atoms with E-state index in [1.807, 2.05) is 51.9 Å². The van der Waals surface area contributed by atoms with Crippen LogP contribution < -0.4 is 58.7 Å². The van der Waals surface area contributed by atoms with Gasteiger partial charge < -0.3 is 97.6 Å². The number of hydrazine groups is 1. The molecule has 1 unspecified atom stereocenters. The summed E-state index contributed by atoms with van der Waals surface area (Å²) in [6.45, 7) is 13.7. The molecule has 1 fully saturated rings. The quantitative estimate of drug-likeness (QED) is 0.00920. The van der Waals surface area contributed by atoms with Crippen LogP contribution in [-0.2, 0) is 89.4 Å². The number of rotatable bonds is 52. The number of aromatic nitrogens is 1. The van der Waals surface area contributed by atoms with Crippen molar-refractivity contribution in [3.05, 3.63) is 75.7 Å². The fourth-order valence-corrected chi connectivity index (χ4v) is 15.2. The summed E-state index contributed by atoms with van der Waals surface area (Å²) < 4.78 is 16.8. The number of carbonyl (C=O) groups excluding carboxylic acids is 12. The number of unbranched alkanes of at least 4 members (excludes halogenated alkanes) is 1. The number of hydrogen-bond acceptors (Lipinski definition) is 26. The van der Waals surface area contributed by atoms with Crippen molar-refractivity contribution in [1.29, 1.82) is 0 Å². The average molecular weight is 1750 g/mol. The van der Waals surface area contributed by atoms with Gasteiger partial charge in [-0.15, -0.1) is 11.3 Å². The van der Waals surface area contributed by atoms with Crippen LogP contribution in [0.5, 0.6) is 5.75 Å². The first kappa shape index (κ1) is 101. The van der Waals surface area contributed by atoms with E-state index in [9.17, 15) is 102 Å². The third kappa shape index (κ3) is 37.9. The van der Waals surface area contributed by atoms with E-state index in [1.165, 1.54) is 75.2 Å². The largest absolute Gasteiger partial charge is 0.508 e. The lowest BCUT2D eigenvalue weighted by Gasteiger charge is -2.39. The first-order valence-electron chi connectivity index (χ1n) is 39.1.